The number of phenolic OH excluding ortho intramolecular Hbond substituents is 1. The van der Waals surface area contributed by atoms with Crippen LogP contribution in [0.5, 0.6) is 5.75 Å². The van der Waals surface area contributed by atoms with E-state index >= 15 is 0 Å². The number of allylic oxidation sites excluding steroid dienone is 1. The maximum absolute atomic E-state index is 12.3. The van der Waals surface area contributed by atoms with Crippen LogP contribution in [0, 0.1) is 10.1 Å². The van der Waals surface area contributed by atoms with E-state index < -0.39 is 4.92 Å². The molecule has 1 aliphatic rings. The zero-order valence-corrected chi connectivity index (χ0v) is 10.9. The number of rotatable bonds is 2. The molecule has 0 saturated carbocycles. The average molecular weight is 281 g/mol. The van der Waals surface area contributed by atoms with Crippen molar-refractivity contribution in [1.29, 1.82) is 0 Å². The highest BCUT2D eigenvalue weighted by Gasteiger charge is 2.27. The van der Waals surface area contributed by atoms with Crippen molar-refractivity contribution in [2.75, 3.05) is 0 Å². The van der Waals surface area contributed by atoms with E-state index in [2.05, 4.69) is 0 Å². The summed E-state index contributed by atoms with van der Waals surface area (Å²) in [5, 5.41) is 20.8. The first-order valence-electron chi connectivity index (χ1n) is 6.37. The molecule has 1 N–H and O–H groups in total. The molecular weight excluding hydrogens is 270 g/mol. The second kappa shape index (κ2) is 4.86. The van der Waals surface area contributed by atoms with Crippen LogP contribution >= 0.6 is 0 Å². The standard InChI is InChI=1S/C16H11NO4/c18-15-7-3-5-12-13(15)9-11(16(12)19)8-10-4-1-2-6-14(10)17(20)21/h1-8,18H,9H2/b11-8+. The number of nitro groups is 1. The van der Waals surface area contributed by atoms with E-state index in [0.29, 0.717) is 22.3 Å². The van der Waals surface area contributed by atoms with Crippen molar-refractivity contribution in [2.24, 2.45) is 0 Å². The fourth-order valence-electron chi connectivity index (χ4n) is 2.50. The van der Waals surface area contributed by atoms with E-state index in [4.69, 9.17) is 0 Å². The molecule has 0 heterocycles. The smallest absolute Gasteiger partial charge is 0.276 e. The van der Waals surface area contributed by atoms with Gasteiger partial charge in [-0.3, -0.25) is 14.9 Å². The Bertz CT molecular complexity index is 793. The average Bonchev–Trinajstić information content (AvgIpc) is 2.78. The second-order valence-corrected chi connectivity index (χ2v) is 4.79. The van der Waals surface area contributed by atoms with Gasteiger partial charge in [0.25, 0.3) is 5.69 Å². The summed E-state index contributed by atoms with van der Waals surface area (Å²) < 4.78 is 0. The van der Waals surface area contributed by atoms with E-state index in [1.54, 1.807) is 30.3 Å². The minimum Gasteiger partial charge on any atom is -0.508 e. The number of hydrogen-bond acceptors (Lipinski definition) is 4. The molecule has 0 amide bonds. The van der Waals surface area contributed by atoms with Crippen LogP contribution in [0.1, 0.15) is 21.5 Å². The topological polar surface area (TPSA) is 80.4 Å². The van der Waals surface area contributed by atoms with Crippen LogP contribution in [0.3, 0.4) is 0 Å². The molecule has 0 fully saturated rings. The Balaban J connectivity index is 2.06. The van der Waals surface area contributed by atoms with Gasteiger partial charge >= 0.3 is 0 Å². The number of benzene rings is 2. The molecule has 0 atom stereocenters. The zero-order chi connectivity index (χ0) is 15.0. The van der Waals surface area contributed by atoms with E-state index in [1.165, 1.54) is 18.2 Å². The van der Waals surface area contributed by atoms with Crippen LogP contribution in [-0.4, -0.2) is 15.8 Å². The number of aromatic hydroxyl groups is 1. The summed E-state index contributed by atoms with van der Waals surface area (Å²) in [7, 11) is 0. The maximum Gasteiger partial charge on any atom is 0.276 e. The summed E-state index contributed by atoms with van der Waals surface area (Å²) in [6, 6.07) is 11.1. The van der Waals surface area contributed by atoms with Gasteiger partial charge in [-0.2, -0.15) is 0 Å². The van der Waals surface area contributed by atoms with Gasteiger partial charge in [0, 0.05) is 29.2 Å². The first kappa shape index (κ1) is 13.1. The molecule has 2 aromatic carbocycles. The van der Waals surface area contributed by atoms with Crippen LogP contribution < -0.4 is 0 Å². The van der Waals surface area contributed by atoms with E-state index in [0.717, 1.165) is 0 Å². The largest absolute Gasteiger partial charge is 0.508 e. The molecule has 0 saturated heterocycles. The number of nitro benzene ring substituents is 1. The number of carbonyl (C=O) groups excluding carboxylic acids is 1. The van der Waals surface area contributed by atoms with Crippen LogP contribution in [0.4, 0.5) is 5.69 Å². The van der Waals surface area contributed by atoms with Crippen LogP contribution in [-0.2, 0) is 6.42 Å². The quantitative estimate of drug-likeness (QED) is 0.521. The highest BCUT2D eigenvalue weighted by molar-refractivity contribution is 6.16. The highest BCUT2D eigenvalue weighted by Crippen LogP contribution is 2.34. The zero-order valence-electron chi connectivity index (χ0n) is 10.9. The normalized spacial score (nSPS) is 15.2. The number of carbonyl (C=O) groups is 1. The third kappa shape index (κ3) is 2.18. The number of para-hydroxylation sites is 1. The SMILES string of the molecule is O=C1/C(=C/c2ccccc2[N+](=O)[O-])Cc2c(O)cccc21. The number of ketones is 1. The Hall–Kier alpha value is -2.95. The van der Waals surface area contributed by atoms with Crippen LogP contribution in [0.25, 0.3) is 6.08 Å². The third-order valence-corrected chi connectivity index (χ3v) is 3.52. The van der Waals surface area contributed by atoms with Crippen molar-refractivity contribution in [3.8, 4) is 5.75 Å². The van der Waals surface area contributed by atoms with E-state index in [-0.39, 0.29) is 23.6 Å². The number of nitrogens with zero attached hydrogens (tertiary/aromatic N) is 1. The molecule has 2 aromatic rings. The van der Waals surface area contributed by atoms with Crippen molar-refractivity contribution in [1.82, 2.24) is 0 Å². The number of hydrogen-bond donors (Lipinski definition) is 1. The first-order valence-corrected chi connectivity index (χ1v) is 6.37. The molecule has 0 spiro atoms. The Morgan fingerprint density at radius 3 is 2.62 bits per heavy atom. The van der Waals surface area contributed by atoms with Gasteiger partial charge in [-0.15, -0.1) is 0 Å². The maximum atomic E-state index is 12.3. The Morgan fingerprint density at radius 2 is 1.90 bits per heavy atom. The molecule has 0 aliphatic heterocycles. The van der Waals surface area contributed by atoms with E-state index in [1.807, 2.05) is 0 Å². The van der Waals surface area contributed by atoms with Gasteiger partial charge in [0.2, 0.25) is 0 Å². The van der Waals surface area contributed by atoms with Crippen LogP contribution in [0.15, 0.2) is 48.0 Å². The molecule has 0 aromatic heterocycles. The lowest BCUT2D eigenvalue weighted by Crippen LogP contribution is -1.96. The van der Waals surface area contributed by atoms with Gasteiger partial charge < -0.3 is 5.11 Å². The molecule has 104 valence electrons. The fraction of sp³-hybridized carbons (Fsp3) is 0.0625. The lowest BCUT2D eigenvalue weighted by Gasteiger charge is -1.99. The highest BCUT2D eigenvalue weighted by atomic mass is 16.6. The van der Waals surface area contributed by atoms with Gasteiger partial charge in [-0.05, 0) is 18.2 Å². The van der Waals surface area contributed by atoms with Crippen molar-refractivity contribution in [3.05, 3.63) is 74.8 Å². The molecule has 5 heteroatoms. The Morgan fingerprint density at radius 1 is 1.14 bits per heavy atom. The lowest BCUT2D eigenvalue weighted by molar-refractivity contribution is -0.385. The number of phenols is 1. The molecule has 1 aliphatic carbocycles. The van der Waals surface area contributed by atoms with Crippen molar-refractivity contribution in [3.63, 3.8) is 0 Å². The minimum atomic E-state index is -0.476. The molecule has 5 nitrogen and oxygen atoms in total. The van der Waals surface area contributed by atoms with Gasteiger partial charge in [0.05, 0.1) is 10.5 Å². The van der Waals surface area contributed by atoms with Crippen LogP contribution in [0.2, 0.25) is 0 Å². The van der Waals surface area contributed by atoms with Gasteiger partial charge in [0.1, 0.15) is 5.75 Å². The van der Waals surface area contributed by atoms with E-state index in [9.17, 15) is 20.0 Å². The summed E-state index contributed by atoms with van der Waals surface area (Å²) in [5.74, 6) is -0.120. The third-order valence-electron chi connectivity index (χ3n) is 3.52. The van der Waals surface area contributed by atoms with Crippen molar-refractivity contribution < 1.29 is 14.8 Å². The molecule has 21 heavy (non-hydrogen) atoms. The molecule has 0 bridgehead atoms. The number of Topliss-reactive ketones (excluding diaryl/α,β-unsaturated/α-hetero) is 1. The molecule has 0 unspecified atom stereocenters. The predicted molar refractivity (Wildman–Crippen MR) is 77.2 cm³/mol. The summed E-state index contributed by atoms with van der Waals surface area (Å²) in [6.45, 7) is 0. The Kier molecular flexibility index (Phi) is 3.02. The second-order valence-electron chi connectivity index (χ2n) is 4.79. The predicted octanol–water partition coefficient (Wildman–Crippen LogP) is 3.12. The van der Waals surface area contributed by atoms with Gasteiger partial charge in [-0.1, -0.05) is 24.3 Å². The minimum absolute atomic E-state index is 0.0435. The monoisotopic (exact) mass is 281 g/mol. The summed E-state index contributed by atoms with van der Waals surface area (Å²) >= 11 is 0. The number of fused-ring (bicyclic) bond motifs is 1. The molecule has 0 radical (unpaired) electrons. The Labute approximate surface area is 120 Å². The van der Waals surface area contributed by atoms with Crippen molar-refractivity contribution in [2.45, 2.75) is 6.42 Å². The van der Waals surface area contributed by atoms with Gasteiger partial charge in [-0.25, -0.2) is 0 Å². The fourth-order valence-corrected chi connectivity index (χ4v) is 2.50. The van der Waals surface area contributed by atoms with Crippen molar-refractivity contribution >= 4 is 17.5 Å². The lowest BCUT2D eigenvalue weighted by atomic mass is 10.1. The first-order chi connectivity index (χ1) is 10.1. The summed E-state index contributed by atoms with van der Waals surface area (Å²) in [6.07, 6.45) is 1.81. The summed E-state index contributed by atoms with van der Waals surface area (Å²) in [5.41, 5.74) is 1.82. The molecular formula is C16H11NO4. The molecule has 3 rings (SSSR count). The summed E-state index contributed by atoms with van der Waals surface area (Å²) in [4.78, 5) is 22.8. The van der Waals surface area contributed by atoms with Gasteiger partial charge in [0.15, 0.2) is 5.78 Å².